The highest BCUT2D eigenvalue weighted by Gasteiger charge is 2.14. The first-order valence-electron chi connectivity index (χ1n) is 6.82. The highest BCUT2D eigenvalue weighted by molar-refractivity contribution is 5.44. The molecule has 0 aromatic heterocycles. The summed E-state index contributed by atoms with van der Waals surface area (Å²) in [4.78, 5) is 0. The molecule has 2 heterocycles. The molecule has 0 saturated carbocycles. The molecule has 1 aromatic rings. The van der Waals surface area contributed by atoms with Crippen LogP contribution in [0.15, 0.2) is 18.2 Å². The molecule has 3 rings (SSSR count). The maximum Gasteiger partial charge on any atom is 0.231 e. The van der Waals surface area contributed by atoms with Gasteiger partial charge in [-0.3, -0.25) is 0 Å². The summed E-state index contributed by atoms with van der Waals surface area (Å²) >= 11 is 0. The number of ether oxygens (including phenoxy) is 3. The molecule has 1 unspecified atom stereocenters. The van der Waals surface area contributed by atoms with E-state index in [9.17, 15) is 0 Å². The molecular weight excluding hydrogens is 244 g/mol. The van der Waals surface area contributed by atoms with E-state index in [1.54, 1.807) is 0 Å². The van der Waals surface area contributed by atoms with Crippen LogP contribution in [0.1, 0.15) is 12.0 Å². The highest BCUT2D eigenvalue weighted by Crippen LogP contribution is 2.32. The van der Waals surface area contributed by atoms with Gasteiger partial charge in [0.1, 0.15) is 0 Å². The van der Waals surface area contributed by atoms with E-state index in [1.807, 2.05) is 12.1 Å². The normalized spacial score (nSPS) is 21.6. The lowest BCUT2D eigenvalue weighted by molar-refractivity contribution is 0.0742. The third kappa shape index (κ3) is 3.37. The lowest BCUT2D eigenvalue weighted by atomic mass is 10.2. The molecule has 0 spiro atoms. The minimum Gasteiger partial charge on any atom is -0.454 e. The molecule has 5 heteroatoms. The molecule has 1 aromatic carbocycles. The van der Waals surface area contributed by atoms with Crippen LogP contribution in [0.5, 0.6) is 11.5 Å². The van der Waals surface area contributed by atoms with Gasteiger partial charge in [-0.25, -0.2) is 0 Å². The van der Waals surface area contributed by atoms with Gasteiger partial charge in [0.05, 0.1) is 13.2 Å². The Hall–Kier alpha value is -1.30. The minimum absolute atomic E-state index is 0.333. The zero-order valence-electron chi connectivity index (χ0n) is 11.0. The van der Waals surface area contributed by atoms with Crippen molar-refractivity contribution in [1.82, 2.24) is 10.6 Å². The number of hydrogen-bond donors (Lipinski definition) is 2. The van der Waals surface area contributed by atoms with Gasteiger partial charge in [-0.05, 0) is 30.7 Å². The number of benzene rings is 1. The van der Waals surface area contributed by atoms with Gasteiger partial charge in [0.2, 0.25) is 6.79 Å². The summed E-state index contributed by atoms with van der Waals surface area (Å²) in [6.45, 7) is 4.79. The molecule has 104 valence electrons. The molecule has 2 aliphatic rings. The predicted molar refractivity (Wildman–Crippen MR) is 71.5 cm³/mol. The second-order valence-corrected chi connectivity index (χ2v) is 4.88. The maximum atomic E-state index is 5.43. The van der Waals surface area contributed by atoms with E-state index >= 15 is 0 Å². The predicted octanol–water partition coefficient (Wildman–Crippen LogP) is 0.883. The number of rotatable bonds is 5. The Morgan fingerprint density at radius 2 is 2.21 bits per heavy atom. The average molecular weight is 264 g/mol. The molecule has 2 N–H and O–H groups in total. The van der Waals surface area contributed by atoms with E-state index in [2.05, 4.69) is 16.7 Å². The fourth-order valence-corrected chi connectivity index (χ4v) is 2.37. The summed E-state index contributed by atoms with van der Waals surface area (Å²) in [5.74, 6) is 1.69. The van der Waals surface area contributed by atoms with Crippen molar-refractivity contribution in [3.63, 3.8) is 0 Å². The number of fused-ring (bicyclic) bond motifs is 1. The monoisotopic (exact) mass is 264 g/mol. The Labute approximate surface area is 113 Å². The van der Waals surface area contributed by atoms with Gasteiger partial charge < -0.3 is 24.8 Å². The largest absolute Gasteiger partial charge is 0.454 e. The van der Waals surface area contributed by atoms with Crippen molar-refractivity contribution in [3.8, 4) is 11.5 Å². The number of nitrogens with one attached hydrogen (secondary N) is 2. The van der Waals surface area contributed by atoms with Crippen molar-refractivity contribution in [2.75, 3.05) is 33.1 Å². The summed E-state index contributed by atoms with van der Waals surface area (Å²) in [5, 5.41) is 6.90. The SMILES string of the molecule is c1cc2c(cc1CNCCC1COCCN1)OCO2. The van der Waals surface area contributed by atoms with Crippen molar-refractivity contribution in [2.45, 2.75) is 19.0 Å². The van der Waals surface area contributed by atoms with Crippen LogP contribution in [0.25, 0.3) is 0 Å². The fraction of sp³-hybridized carbons (Fsp3) is 0.571. The molecule has 0 aliphatic carbocycles. The molecule has 0 amide bonds. The van der Waals surface area contributed by atoms with Crippen LogP contribution >= 0.6 is 0 Å². The summed E-state index contributed by atoms with van der Waals surface area (Å²) < 4.78 is 16.1. The minimum atomic E-state index is 0.333. The smallest absolute Gasteiger partial charge is 0.231 e. The van der Waals surface area contributed by atoms with Gasteiger partial charge in [-0.15, -0.1) is 0 Å². The van der Waals surface area contributed by atoms with Crippen molar-refractivity contribution in [1.29, 1.82) is 0 Å². The highest BCUT2D eigenvalue weighted by atomic mass is 16.7. The molecule has 1 saturated heterocycles. The van der Waals surface area contributed by atoms with E-state index in [-0.39, 0.29) is 0 Å². The Morgan fingerprint density at radius 1 is 1.26 bits per heavy atom. The van der Waals surface area contributed by atoms with E-state index in [0.29, 0.717) is 12.8 Å². The van der Waals surface area contributed by atoms with Gasteiger partial charge in [-0.2, -0.15) is 0 Å². The van der Waals surface area contributed by atoms with Gasteiger partial charge in [0.15, 0.2) is 11.5 Å². The summed E-state index contributed by atoms with van der Waals surface area (Å²) in [5.41, 5.74) is 1.22. The Kier molecular flexibility index (Phi) is 4.17. The second-order valence-electron chi connectivity index (χ2n) is 4.88. The third-order valence-electron chi connectivity index (χ3n) is 3.43. The molecule has 19 heavy (non-hydrogen) atoms. The van der Waals surface area contributed by atoms with Crippen molar-refractivity contribution in [2.24, 2.45) is 0 Å². The van der Waals surface area contributed by atoms with Gasteiger partial charge in [0, 0.05) is 19.1 Å². The standard InChI is InChI=1S/C14H20N2O3/c1-2-13-14(19-10-18-13)7-11(1)8-15-4-3-12-9-17-6-5-16-12/h1-2,7,12,15-16H,3-6,8-10H2. The van der Waals surface area contributed by atoms with Gasteiger partial charge in [-0.1, -0.05) is 6.07 Å². The van der Waals surface area contributed by atoms with Crippen molar-refractivity contribution in [3.05, 3.63) is 23.8 Å². The topological polar surface area (TPSA) is 51.8 Å². The van der Waals surface area contributed by atoms with E-state index in [1.165, 1.54) is 5.56 Å². The van der Waals surface area contributed by atoms with E-state index in [4.69, 9.17) is 14.2 Å². The van der Waals surface area contributed by atoms with Crippen LogP contribution in [-0.2, 0) is 11.3 Å². The lowest BCUT2D eigenvalue weighted by Crippen LogP contribution is -2.42. The second kappa shape index (κ2) is 6.23. The van der Waals surface area contributed by atoms with Crippen LogP contribution in [0.2, 0.25) is 0 Å². The van der Waals surface area contributed by atoms with Crippen LogP contribution in [0.4, 0.5) is 0 Å². The molecule has 0 bridgehead atoms. The zero-order valence-corrected chi connectivity index (χ0v) is 11.0. The van der Waals surface area contributed by atoms with Crippen molar-refractivity contribution < 1.29 is 14.2 Å². The van der Waals surface area contributed by atoms with Crippen LogP contribution in [-0.4, -0.2) is 39.1 Å². The maximum absolute atomic E-state index is 5.43. The number of hydrogen-bond acceptors (Lipinski definition) is 5. The molecular formula is C14H20N2O3. The molecule has 2 aliphatic heterocycles. The Balaban J connectivity index is 1.40. The first-order chi connectivity index (χ1) is 9.42. The van der Waals surface area contributed by atoms with Crippen LogP contribution < -0.4 is 20.1 Å². The van der Waals surface area contributed by atoms with E-state index < -0.39 is 0 Å². The Morgan fingerprint density at radius 3 is 3.11 bits per heavy atom. The van der Waals surface area contributed by atoms with Gasteiger partial charge >= 0.3 is 0 Å². The molecule has 5 nitrogen and oxygen atoms in total. The first-order valence-corrected chi connectivity index (χ1v) is 6.82. The zero-order chi connectivity index (χ0) is 12.9. The van der Waals surface area contributed by atoms with Crippen LogP contribution in [0, 0.1) is 0 Å². The summed E-state index contributed by atoms with van der Waals surface area (Å²) in [6.07, 6.45) is 1.09. The lowest BCUT2D eigenvalue weighted by Gasteiger charge is -2.23. The number of morpholine rings is 1. The quantitative estimate of drug-likeness (QED) is 0.773. The molecule has 0 radical (unpaired) electrons. The molecule has 1 fully saturated rings. The van der Waals surface area contributed by atoms with Crippen molar-refractivity contribution >= 4 is 0 Å². The summed E-state index contributed by atoms with van der Waals surface area (Å²) in [7, 11) is 0. The summed E-state index contributed by atoms with van der Waals surface area (Å²) in [6, 6.07) is 6.56. The third-order valence-corrected chi connectivity index (χ3v) is 3.43. The average Bonchev–Trinajstić information content (AvgIpc) is 2.92. The first kappa shape index (κ1) is 12.7. The Bertz CT molecular complexity index is 419. The van der Waals surface area contributed by atoms with Crippen LogP contribution in [0.3, 0.4) is 0 Å². The van der Waals surface area contributed by atoms with E-state index in [0.717, 1.165) is 50.8 Å². The molecule has 1 atom stereocenters. The van der Waals surface area contributed by atoms with Gasteiger partial charge in [0.25, 0.3) is 0 Å². The fourth-order valence-electron chi connectivity index (χ4n) is 2.37.